The first-order valence-electron chi connectivity index (χ1n) is 13.5. The van der Waals surface area contributed by atoms with Gasteiger partial charge in [-0.2, -0.15) is 26.3 Å². The van der Waals surface area contributed by atoms with E-state index in [9.17, 15) is 31.1 Å². The molecule has 12 heteroatoms. The molecule has 0 amide bonds. The molecular weight excluding hydrogens is 578 g/mol. The average molecular weight is 613 g/mol. The number of aryl methyl sites for hydroxylation is 1. The number of hydrogen-bond acceptors (Lipinski definition) is 5. The first-order chi connectivity index (χ1) is 20.0. The summed E-state index contributed by atoms with van der Waals surface area (Å²) in [5, 5.41) is 15.0. The SMILES string of the molecule is CC(C)Nc1cc(COc2cc(CCC(=O)O)cc(OCc3cc(NC(C)C)cc(C(F)(F)F)c3)c2)cc(C(F)(F)F)c1. The number of carboxylic acids is 1. The van der Waals surface area contributed by atoms with Crippen molar-refractivity contribution in [1.29, 1.82) is 0 Å². The van der Waals surface area contributed by atoms with Crippen LogP contribution in [0.15, 0.2) is 54.6 Å². The zero-order valence-electron chi connectivity index (χ0n) is 24.1. The molecular formula is C31H34F6N2O4. The number of aliphatic carboxylic acids is 1. The predicted octanol–water partition coefficient (Wildman–Crippen LogP) is 8.54. The van der Waals surface area contributed by atoms with E-state index < -0.39 is 29.4 Å². The van der Waals surface area contributed by atoms with Crippen LogP contribution in [0.1, 0.15) is 61.9 Å². The minimum atomic E-state index is -4.57. The van der Waals surface area contributed by atoms with Gasteiger partial charge in [0.25, 0.3) is 0 Å². The number of hydrogen-bond donors (Lipinski definition) is 3. The average Bonchev–Trinajstić information content (AvgIpc) is 2.87. The van der Waals surface area contributed by atoms with E-state index in [1.54, 1.807) is 39.8 Å². The molecule has 0 aliphatic heterocycles. The summed E-state index contributed by atoms with van der Waals surface area (Å²) in [4.78, 5) is 11.1. The predicted molar refractivity (Wildman–Crippen MR) is 151 cm³/mol. The van der Waals surface area contributed by atoms with E-state index in [-0.39, 0.29) is 72.1 Å². The van der Waals surface area contributed by atoms with Crippen LogP contribution in [0.2, 0.25) is 0 Å². The fraction of sp³-hybridized carbons (Fsp3) is 0.387. The Hall–Kier alpha value is -4.09. The largest absolute Gasteiger partial charge is 0.489 e. The maximum atomic E-state index is 13.5. The van der Waals surface area contributed by atoms with Gasteiger partial charge >= 0.3 is 18.3 Å². The van der Waals surface area contributed by atoms with E-state index in [0.29, 0.717) is 5.56 Å². The van der Waals surface area contributed by atoms with Crippen LogP contribution in [-0.2, 0) is 36.8 Å². The Morgan fingerprint density at radius 2 is 1.09 bits per heavy atom. The van der Waals surface area contributed by atoms with Crippen LogP contribution in [0.5, 0.6) is 11.5 Å². The molecule has 3 rings (SSSR count). The van der Waals surface area contributed by atoms with E-state index in [4.69, 9.17) is 14.6 Å². The molecule has 6 nitrogen and oxygen atoms in total. The lowest BCUT2D eigenvalue weighted by Crippen LogP contribution is -2.13. The Labute approximate surface area is 246 Å². The molecule has 0 radical (unpaired) electrons. The minimum Gasteiger partial charge on any atom is -0.489 e. The second kappa shape index (κ2) is 13.9. The van der Waals surface area contributed by atoms with Crippen molar-refractivity contribution in [2.75, 3.05) is 10.6 Å². The van der Waals surface area contributed by atoms with Gasteiger partial charge in [0.05, 0.1) is 11.1 Å². The highest BCUT2D eigenvalue weighted by molar-refractivity contribution is 5.67. The van der Waals surface area contributed by atoms with Crippen LogP contribution in [0.3, 0.4) is 0 Å². The molecule has 234 valence electrons. The number of ether oxygens (including phenoxy) is 2. The molecule has 0 atom stereocenters. The van der Waals surface area contributed by atoms with Gasteiger partial charge in [-0.1, -0.05) is 0 Å². The van der Waals surface area contributed by atoms with Crippen LogP contribution < -0.4 is 20.1 Å². The molecule has 0 bridgehead atoms. The fourth-order valence-corrected chi connectivity index (χ4v) is 4.24. The minimum absolute atomic E-state index is 0.0981. The van der Waals surface area contributed by atoms with Crippen LogP contribution in [0.25, 0.3) is 0 Å². The lowest BCUT2D eigenvalue weighted by molar-refractivity contribution is -0.138. The lowest BCUT2D eigenvalue weighted by atomic mass is 10.1. The van der Waals surface area contributed by atoms with Gasteiger partial charge < -0.3 is 25.2 Å². The molecule has 0 spiro atoms. The molecule has 3 aromatic carbocycles. The molecule has 0 fully saturated rings. The first kappa shape index (κ1) is 33.4. The normalized spacial score (nSPS) is 12.0. The molecule has 43 heavy (non-hydrogen) atoms. The summed E-state index contributed by atoms with van der Waals surface area (Å²) in [6.45, 7) is 6.69. The molecule has 3 aromatic rings. The van der Waals surface area contributed by atoms with E-state index in [1.807, 2.05) is 0 Å². The molecule has 0 unspecified atom stereocenters. The van der Waals surface area contributed by atoms with Crippen molar-refractivity contribution in [1.82, 2.24) is 0 Å². The number of anilines is 2. The van der Waals surface area contributed by atoms with Crippen molar-refractivity contribution in [3.05, 3.63) is 82.4 Å². The van der Waals surface area contributed by atoms with Gasteiger partial charge in [-0.15, -0.1) is 0 Å². The third-order valence-electron chi connectivity index (χ3n) is 5.93. The maximum absolute atomic E-state index is 13.5. The summed E-state index contributed by atoms with van der Waals surface area (Å²) in [6.07, 6.45) is -9.26. The van der Waals surface area contributed by atoms with E-state index in [2.05, 4.69) is 10.6 Å². The van der Waals surface area contributed by atoms with Crippen molar-refractivity contribution in [3.8, 4) is 11.5 Å². The zero-order chi connectivity index (χ0) is 31.9. The van der Waals surface area contributed by atoms with Gasteiger partial charge in [0.2, 0.25) is 0 Å². The van der Waals surface area contributed by atoms with E-state index >= 15 is 0 Å². The second-order valence-corrected chi connectivity index (χ2v) is 10.7. The van der Waals surface area contributed by atoms with Gasteiger partial charge in [0.15, 0.2) is 0 Å². The van der Waals surface area contributed by atoms with Gasteiger partial charge in [0.1, 0.15) is 24.7 Å². The maximum Gasteiger partial charge on any atom is 0.416 e. The van der Waals surface area contributed by atoms with Gasteiger partial charge in [-0.25, -0.2) is 0 Å². The zero-order valence-corrected chi connectivity index (χ0v) is 24.1. The topological polar surface area (TPSA) is 79.8 Å². The van der Waals surface area contributed by atoms with Crippen LogP contribution in [0, 0.1) is 0 Å². The highest BCUT2D eigenvalue weighted by Crippen LogP contribution is 2.34. The van der Waals surface area contributed by atoms with Gasteiger partial charge in [-0.3, -0.25) is 4.79 Å². The number of nitrogens with one attached hydrogen (secondary N) is 2. The lowest BCUT2D eigenvalue weighted by Gasteiger charge is -2.17. The number of carboxylic acid groups (broad SMARTS) is 1. The summed E-state index contributed by atoms with van der Waals surface area (Å²) in [7, 11) is 0. The summed E-state index contributed by atoms with van der Waals surface area (Å²) in [5.41, 5.74) is -0.153. The number of benzene rings is 3. The Kier molecular flexibility index (Phi) is 10.8. The Bertz CT molecular complexity index is 1310. The van der Waals surface area contributed by atoms with Crippen molar-refractivity contribution in [2.24, 2.45) is 0 Å². The van der Waals surface area contributed by atoms with E-state index in [0.717, 1.165) is 24.3 Å². The smallest absolute Gasteiger partial charge is 0.416 e. The number of carbonyl (C=O) groups is 1. The second-order valence-electron chi connectivity index (χ2n) is 10.7. The van der Waals surface area contributed by atoms with Crippen molar-refractivity contribution in [2.45, 2.75) is 78.2 Å². The van der Waals surface area contributed by atoms with Crippen LogP contribution in [-0.4, -0.2) is 23.2 Å². The fourth-order valence-electron chi connectivity index (χ4n) is 4.24. The van der Waals surface area contributed by atoms with Crippen molar-refractivity contribution in [3.63, 3.8) is 0 Å². The molecule has 0 aliphatic carbocycles. The third kappa shape index (κ3) is 10.9. The van der Waals surface area contributed by atoms with E-state index in [1.165, 1.54) is 18.2 Å². The summed E-state index contributed by atoms with van der Waals surface area (Å²) in [6, 6.07) is 11.4. The molecule has 0 aromatic heterocycles. The molecule has 0 aliphatic rings. The molecule has 0 saturated heterocycles. The highest BCUT2D eigenvalue weighted by atomic mass is 19.4. The van der Waals surface area contributed by atoms with Gasteiger partial charge in [-0.05, 0) is 99.3 Å². The molecule has 0 heterocycles. The molecule has 3 N–H and O–H groups in total. The standard InChI is InChI=1S/C31H34F6N2O4/c1-18(2)38-25-9-21(7-23(13-25)30(32,33)34)16-42-27-11-20(5-6-29(40)41)12-28(15-27)43-17-22-8-24(31(35,36)37)14-26(10-22)39-19(3)4/h7-15,18-19,38-39H,5-6,16-17H2,1-4H3,(H,40,41). The van der Waals surface area contributed by atoms with Crippen LogP contribution in [0.4, 0.5) is 37.7 Å². The van der Waals surface area contributed by atoms with Crippen molar-refractivity contribution < 1.29 is 45.7 Å². The summed E-state index contributed by atoms with van der Waals surface area (Å²) < 4.78 is 92.7. The monoisotopic (exact) mass is 612 g/mol. The Morgan fingerprint density at radius 3 is 1.44 bits per heavy atom. The Morgan fingerprint density at radius 1 is 0.674 bits per heavy atom. The summed E-state index contributed by atoms with van der Waals surface area (Å²) in [5.74, 6) is -0.656. The highest BCUT2D eigenvalue weighted by Gasteiger charge is 2.32. The number of rotatable bonds is 13. The number of halogens is 6. The number of alkyl halides is 6. The van der Waals surface area contributed by atoms with Crippen molar-refractivity contribution >= 4 is 17.3 Å². The van der Waals surface area contributed by atoms with Gasteiger partial charge in [0, 0.05) is 35.9 Å². The van der Waals surface area contributed by atoms with Crippen LogP contribution >= 0.6 is 0 Å². The third-order valence-corrected chi connectivity index (χ3v) is 5.93. The first-order valence-corrected chi connectivity index (χ1v) is 13.5. The Balaban J connectivity index is 1.87. The molecule has 0 saturated carbocycles. The quantitative estimate of drug-likeness (QED) is 0.168. The summed E-state index contributed by atoms with van der Waals surface area (Å²) >= 11 is 0.